The van der Waals surface area contributed by atoms with Crippen molar-refractivity contribution in [2.45, 2.75) is 18.2 Å². The minimum absolute atomic E-state index is 0.0948. The van der Waals surface area contributed by atoms with Gasteiger partial charge in [-0.25, -0.2) is 17.2 Å². The Morgan fingerprint density at radius 2 is 2.03 bits per heavy atom. The first-order chi connectivity index (χ1) is 14.1. The summed E-state index contributed by atoms with van der Waals surface area (Å²) < 4.78 is 58.3. The van der Waals surface area contributed by atoms with Gasteiger partial charge in [-0.05, 0) is 42.8 Å². The lowest BCUT2D eigenvalue weighted by atomic mass is 10.2. The molecule has 160 valence electrons. The van der Waals surface area contributed by atoms with E-state index in [-0.39, 0.29) is 15.8 Å². The molecule has 0 aliphatic carbocycles. The number of hydrogen-bond acceptors (Lipinski definition) is 5. The van der Waals surface area contributed by atoms with Gasteiger partial charge in [0.25, 0.3) is 6.43 Å². The third kappa shape index (κ3) is 4.26. The fraction of sp³-hybridized carbons (Fsp3) is 0.263. The van der Waals surface area contributed by atoms with Crippen LogP contribution in [0.15, 0.2) is 41.4 Å². The van der Waals surface area contributed by atoms with Gasteiger partial charge in [0.2, 0.25) is 15.9 Å². The Balaban J connectivity index is 1.83. The van der Waals surface area contributed by atoms with E-state index in [4.69, 9.17) is 4.74 Å². The number of nitrogens with one attached hydrogen (secondary N) is 2. The molecule has 0 spiro atoms. The van der Waals surface area contributed by atoms with E-state index >= 15 is 0 Å². The zero-order valence-electron chi connectivity index (χ0n) is 16.4. The number of anilines is 1. The molecule has 11 heteroatoms. The van der Waals surface area contributed by atoms with Crippen LogP contribution in [0.1, 0.15) is 17.6 Å². The summed E-state index contributed by atoms with van der Waals surface area (Å²) in [5, 5.41) is 9.09. The van der Waals surface area contributed by atoms with Crippen LogP contribution >= 0.6 is 0 Å². The van der Waals surface area contributed by atoms with Crippen LogP contribution in [0.4, 0.5) is 14.5 Å². The average molecular weight is 438 g/mol. The van der Waals surface area contributed by atoms with Crippen LogP contribution < -0.4 is 10.1 Å². The third-order valence-electron chi connectivity index (χ3n) is 4.52. The number of methoxy groups -OCH3 is 1. The van der Waals surface area contributed by atoms with Crippen molar-refractivity contribution < 1.29 is 26.7 Å². The standard InChI is InChI=1S/C19H20F2N4O4S/c1-11-6-14(4-5-15(11)29-3)23-17(26)10-25(2)30(27,28)16-8-12(19(20)21)7-13-9-22-24-18(13)16/h4-9,19H,10H2,1-3H3,(H,22,24)(H,23,26). The van der Waals surface area contributed by atoms with Crippen molar-refractivity contribution in [3.05, 3.63) is 47.7 Å². The topological polar surface area (TPSA) is 104 Å². The van der Waals surface area contributed by atoms with Gasteiger partial charge >= 0.3 is 0 Å². The predicted octanol–water partition coefficient (Wildman–Crippen LogP) is 3.08. The van der Waals surface area contributed by atoms with E-state index in [0.717, 1.165) is 15.9 Å². The summed E-state index contributed by atoms with van der Waals surface area (Å²) in [5.74, 6) is 0.0618. The molecule has 3 aromatic rings. The van der Waals surface area contributed by atoms with Crippen molar-refractivity contribution in [3.63, 3.8) is 0 Å². The summed E-state index contributed by atoms with van der Waals surface area (Å²) in [4.78, 5) is 12.0. The van der Waals surface area contributed by atoms with Crippen molar-refractivity contribution in [1.82, 2.24) is 14.5 Å². The van der Waals surface area contributed by atoms with Gasteiger partial charge in [0.15, 0.2) is 0 Å². The number of rotatable bonds is 7. The number of alkyl halides is 2. The van der Waals surface area contributed by atoms with Gasteiger partial charge in [0.1, 0.15) is 10.6 Å². The van der Waals surface area contributed by atoms with E-state index in [1.807, 2.05) is 0 Å². The molecule has 0 aliphatic heterocycles. The highest BCUT2D eigenvalue weighted by Crippen LogP contribution is 2.30. The Kier molecular flexibility index (Phi) is 6.04. The Labute approximate surface area is 171 Å². The maximum absolute atomic E-state index is 13.2. The molecular weight excluding hydrogens is 418 g/mol. The van der Waals surface area contributed by atoms with Crippen LogP contribution in [0.5, 0.6) is 5.75 Å². The van der Waals surface area contributed by atoms with Gasteiger partial charge in [0.05, 0.1) is 25.4 Å². The normalized spacial score (nSPS) is 12.0. The first kappa shape index (κ1) is 21.7. The summed E-state index contributed by atoms with van der Waals surface area (Å²) in [6.45, 7) is 1.29. The molecule has 3 rings (SSSR count). The van der Waals surface area contributed by atoms with Gasteiger partial charge in [-0.15, -0.1) is 0 Å². The van der Waals surface area contributed by atoms with E-state index in [1.54, 1.807) is 25.1 Å². The number of halogens is 2. The van der Waals surface area contributed by atoms with Crippen LogP contribution in [-0.4, -0.2) is 49.5 Å². The Bertz CT molecular complexity index is 1190. The maximum atomic E-state index is 13.2. The predicted molar refractivity (Wildman–Crippen MR) is 107 cm³/mol. The van der Waals surface area contributed by atoms with Crippen molar-refractivity contribution in [1.29, 1.82) is 0 Å². The zero-order valence-corrected chi connectivity index (χ0v) is 17.3. The highest BCUT2D eigenvalue weighted by Gasteiger charge is 2.27. The number of carbonyl (C=O) groups is 1. The molecule has 0 bridgehead atoms. The number of carbonyl (C=O) groups excluding carboxylic acids is 1. The average Bonchev–Trinajstić information content (AvgIpc) is 3.15. The van der Waals surface area contributed by atoms with Crippen LogP contribution in [-0.2, 0) is 14.8 Å². The van der Waals surface area contributed by atoms with Gasteiger partial charge in [-0.2, -0.15) is 9.40 Å². The molecule has 0 radical (unpaired) electrons. The first-order valence-electron chi connectivity index (χ1n) is 8.79. The maximum Gasteiger partial charge on any atom is 0.263 e. The minimum Gasteiger partial charge on any atom is -0.496 e. The largest absolute Gasteiger partial charge is 0.496 e. The van der Waals surface area contributed by atoms with Crippen molar-refractivity contribution in [3.8, 4) is 5.75 Å². The Morgan fingerprint density at radius 3 is 2.67 bits per heavy atom. The molecular formula is C19H20F2N4O4S. The number of aryl methyl sites for hydroxylation is 1. The van der Waals surface area contributed by atoms with E-state index in [0.29, 0.717) is 11.4 Å². The second-order valence-electron chi connectivity index (χ2n) is 6.65. The van der Waals surface area contributed by atoms with Crippen molar-refractivity contribution in [2.75, 3.05) is 26.0 Å². The summed E-state index contributed by atoms with van der Waals surface area (Å²) in [6.07, 6.45) is -1.59. The van der Waals surface area contributed by atoms with Crippen LogP contribution in [0.2, 0.25) is 0 Å². The van der Waals surface area contributed by atoms with Crippen LogP contribution in [0, 0.1) is 6.92 Å². The molecule has 0 fully saturated rings. The zero-order chi connectivity index (χ0) is 22.1. The third-order valence-corrected chi connectivity index (χ3v) is 6.35. The molecule has 8 nitrogen and oxygen atoms in total. The van der Waals surface area contributed by atoms with E-state index < -0.39 is 34.5 Å². The molecule has 2 aromatic carbocycles. The Morgan fingerprint density at radius 1 is 1.30 bits per heavy atom. The summed E-state index contributed by atoms with van der Waals surface area (Å²) in [7, 11) is -1.52. The molecule has 30 heavy (non-hydrogen) atoms. The number of nitrogens with zero attached hydrogens (tertiary/aromatic N) is 2. The van der Waals surface area contributed by atoms with Gasteiger partial charge in [0, 0.05) is 23.7 Å². The number of hydrogen-bond donors (Lipinski definition) is 2. The summed E-state index contributed by atoms with van der Waals surface area (Å²) >= 11 is 0. The number of H-pyrrole nitrogens is 1. The molecule has 0 aliphatic rings. The lowest BCUT2D eigenvalue weighted by Crippen LogP contribution is -2.35. The van der Waals surface area contributed by atoms with E-state index in [1.165, 1.54) is 26.4 Å². The van der Waals surface area contributed by atoms with Crippen molar-refractivity contribution in [2.24, 2.45) is 0 Å². The SMILES string of the molecule is COc1ccc(NC(=O)CN(C)S(=O)(=O)c2cc(C(F)F)cc3cn[nH]c23)cc1C. The fourth-order valence-corrected chi connectivity index (χ4v) is 4.32. The van der Waals surface area contributed by atoms with Crippen LogP contribution in [0.3, 0.4) is 0 Å². The smallest absolute Gasteiger partial charge is 0.263 e. The minimum atomic E-state index is -4.25. The molecule has 1 heterocycles. The van der Waals surface area contributed by atoms with Gasteiger partial charge in [-0.1, -0.05) is 0 Å². The fourth-order valence-electron chi connectivity index (χ4n) is 2.99. The number of aromatic amines is 1. The second-order valence-corrected chi connectivity index (χ2v) is 8.66. The molecule has 0 saturated heterocycles. The number of likely N-dealkylation sites (N-methyl/N-ethyl adjacent to an activating group) is 1. The molecule has 1 amide bonds. The molecule has 0 saturated carbocycles. The molecule has 0 atom stereocenters. The monoisotopic (exact) mass is 438 g/mol. The molecule has 2 N–H and O–H groups in total. The number of fused-ring (bicyclic) bond motifs is 1. The molecule has 0 unspecified atom stereocenters. The van der Waals surface area contributed by atoms with Crippen molar-refractivity contribution >= 4 is 32.5 Å². The highest BCUT2D eigenvalue weighted by molar-refractivity contribution is 7.89. The van der Waals surface area contributed by atoms with E-state index in [9.17, 15) is 22.0 Å². The van der Waals surface area contributed by atoms with E-state index in [2.05, 4.69) is 15.5 Å². The lowest BCUT2D eigenvalue weighted by molar-refractivity contribution is -0.116. The van der Waals surface area contributed by atoms with Crippen LogP contribution in [0.25, 0.3) is 10.9 Å². The Hall–Kier alpha value is -3.05. The quantitative estimate of drug-likeness (QED) is 0.590. The molecule has 1 aromatic heterocycles. The van der Waals surface area contributed by atoms with Gasteiger partial charge < -0.3 is 10.1 Å². The number of sulfonamides is 1. The summed E-state index contributed by atoms with van der Waals surface area (Å²) in [6, 6.07) is 7.04. The second kappa shape index (κ2) is 8.36. The summed E-state index contributed by atoms with van der Waals surface area (Å²) in [5.41, 5.74) is 0.910. The van der Waals surface area contributed by atoms with Gasteiger partial charge in [-0.3, -0.25) is 9.89 Å². The number of ether oxygens (including phenoxy) is 1. The highest BCUT2D eigenvalue weighted by atomic mass is 32.2. The first-order valence-corrected chi connectivity index (χ1v) is 10.2. The number of benzene rings is 2. The lowest BCUT2D eigenvalue weighted by Gasteiger charge is -2.18. The number of amides is 1. The number of aromatic nitrogens is 2.